The molecule has 9 heteroatoms. The van der Waals surface area contributed by atoms with Crippen molar-refractivity contribution in [3.05, 3.63) is 35.9 Å². The number of nitrogens with zero attached hydrogens (tertiary/aromatic N) is 3. The van der Waals surface area contributed by atoms with Gasteiger partial charge in [-0.3, -0.25) is 5.10 Å². The van der Waals surface area contributed by atoms with E-state index in [0.717, 1.165) is 30.7 Å². The molecule has 2 N–H and O–H groups in total. The number of nitrogens with one attached hydrogen (secondary N) is 2. The second kappa shape index (κ2) is 6.53. The van der Waals surface area contributed by atoms with Gasteiger partial charge >= 0.3 is 6.18 Å². The number of H-pyrrole nitrogens is 1. The van der Waals surface area contributed by atoms with Gasteiger partial charge in [-0.05, 0) is 18.9 Å². The lowest BCUT2D eigenvalue weighted by Crippen LogP contribution is -2.28. The van der Waals surface area contributed by atoms with Gasteiger partial charge in [0.1, 0.15) is 5.69 Å². The van der Waals surface area contributed by atoms with Gasteiger partial charge in [-0.2, -0.15) is 18.3 Å². The monoisotopic (exact) mass is 327 g/mol. The molecular formula is C14H16F3N5O. The third-order valence-electron chi connectivity index (χ3n) is 3.76. The highest BCUT2D eigenvalue weighted by molar-refractivity contribution is 5.26. The molecule has 2 aromatic rings. The fraction of sp³-hybridized carbons (Fsp3) is 0.500. The van der Waals surface area contributed by atoms with E-state index in [-0.39, 0.29) is 18.0 Å². The number of alkyl halides is 3. The highest BCUT2D eigenvalue weighted by atomic mass is 19.4. The molecule has 124 valence electrons. The van der Waals surface area contributed by atoms with E-state index in [1.165, 1.54) is 0 Å². The molecule has 23 heavy (non-hydrogen) atoms. The Kier molecular flexibility index (Phi) is 4.46. The van der Waals surface area contributed by atoms with Gasteiger partial charge in [0.2, 0.25) is 5.95 Å². The molecule has 0 spiro atoms. The molecule has 3 heterocycles. The summed E-state index contributed by atoms with van der Waals surface area (Å²) in [5.74, 6) is 0.0795. The van der Waals surface area contributed by atoms with Crippen molar-refractivity contribution in [3.8, 4) is 0 Å². The zero-order chi connectivity index (χ0) is 16.3. The first-order valence-corrected chi connectivity index (χ1v) is 7.28. The minimum atomic E-state index is -4.48. The summed E-state index contributed by atoms with van der Waals surface area (Å²) < 4.78 is 43.8. The number of hydrogen-bond acceptors (Lipinski definition) is 5. The number of aromatic amines is 1. The maximum atomic E-state index is 12.7. The van der Waals surface area contributed by atoms with Crippen molar-refractivity contribution in [2.75, 3.05) is 18.5 Å². The van der Waals surface area contributed by atoms with Gasteiger partial charge in [0.25, 0.3) is 0 Å². The molecule has 0 bridgehead atoms. The van der Waals surface area contributed by atoms with Crippen LogP contribution in [0, 0.1) is 5.92 Å². The molecular weight excluding hydrogens is 311 g/mol. The molecule has 0 unspecified atom stereocenters. The molecule has 1 aliphatic rings. The molecule has 0 amide bonds. The molecule has 1 saturated heterocycles. The minimum absolute atomic E-state index is 0.0312. The zero-order valence-corrected chi connectivity index (χ0v) is 12.2. The first kappa shape index (κ1) is 15.7. The number of rotatable bonds is 4. The average molecular weight is 327 g/mol. The van der Waals surface area contributed by atoms with Crippen molar-refractivity contribution in [1.29, 1.82) is 0 Å². The van der Waals surface area contributed by atoms with Crippen LogP contribution in [0.15, 0.2) is 24.7 Å². The summed E-state index contributed by atoms with van der Waals surface area (Å²) in [6.07, 6.45) is 1.76. The van der Waals surface area contributed by atoms with Crippen LogP contribution in [-0.2, 0) is 10.9 Å². The van der Waals surface area contributed by atoms with Crippen LogP contribution < -0.4 is 5.32 Å². The molecule has 1 fully saturated rings. The van der Waals surface area contributed by atoms with Crippen molar-refractivity contribution >= 4 is 5.95 Å². The van der Waals surface area contributed by atoms with E-state index in [1.807, 2.05) is 0 Å². The summed E-state index contributed by atoms with van der Waals surface area (Å²) >= 11 is 0. The van der Waals surface area contributed by atoms with Gasteiger partial charge < -0.3 is 10.1 Å². The quantitative estimate of drug-likeness (QED) is 0.903. The summed E-state index contributed by atoms with van der Waals surface area (Å²) in [6, 6.07) is 0.850. The zero-order valence-electron chi connectivity index (χ0n) is 12.2. The van der Waals surface area contributed by atoms with E-state index in [4.69, 9.17) is 4.74 Å². The molecule has 1 aliphatic heterocycles. The minimum Gasteiger partial charge on any atom is -0.373 e. The Bertz CT molecular complexity index is 632. The standard InChI is InChI=1S/C14H16F3N5O/c15-14(16,17)11-3-4-18-13(22-11)19-6-9-2-1-5-23-12(9)10-7-20-21-8-10/h3-4,7-9,12H,1-2,5-6H2,(H,20,21)(H,18,19,22)/t9-,12+/m0/s1. The third-order valence-corrected chi connectivity index (χ3v) is 3.76. The van der Waals surface area contributed by atoms with Crippen LogP contribution in [-0.4, -0.2) is 33.3 Å². The number of ether oxygens (including phenoxy) is 1. The van der Waals surface area contributed by atoms with Gasteiger partial charge in [0, 0.05) is 37.0 Å². The molecule has 6 nitrogen and oxygen atoms in total. The second-order valence-electron chi connectivity index (χ2n) is 5.37. The number of aromatic nitrogens is 4. The first-order chi connectivity index (χ1) is 11.0. The molecule has 0 radical (unpaired) electrons. The summed E-state index contributed by atoms with van der Waals surface area (Å²) in [7, 11) is 0. The van der Waals surface area contributed by atoms with Crippen molar-refractivity contribution in [1.82, 2.24) is 20.2 Å². The molecule has 0 aliphatic carbocycles. The van der Waals surface area contributed by atoms with Gasteiger partial charge in [0.15, 0.2) is 0 Å². The van der Waals surface area contributed by atoms with E-state index < -0.39 is 11.9 Å². The van der Waals surface area contributed by atoms with Gasteiger partial charge in [-0.25, -0.2) is 9.97 Å². The second-order valence-corrected chi connectivity index (χ2v) is 5.37. The Labute approximate surface area is 130 Å². The van der Waals surface area contributed by atoms with Crippen molar-refractivity contribution < 1.29 is 17.9 Å². The van der Waals surface area contributed by atoms with Gasteiger partial charge in [-0.15, -0.1) is 0 Å². The summed E-state index contributed by atoms with van der Waals surface area (Å²) in [4.78, 5) is 7.35. The molecule has 3 rings (SSSR count). The highest BCUT2D eigenvalue weighted by Gasteiger charge is 2.33. The maximum absolute atomic E-state index is 12.7. The number of hydrogen-bond donors (Lipinski definition) is 2. The molecule has 2 aromatic heterocycles. The van der Waals surface area contributed by atoms with Crippen LogP contribution in [0.25, 0.3) is 0 Å². The highest BCUT2D eigenvalue weighted by Crippen LogP contribution is 2.33. The van der Waals surface area contributed by atoms with Gasteiger partial charge in [0.05, 0.1) is 12.3 Å². The third kappa shape index (κ3) is 3.79. The topological polar surface area (TPSA) is 75.7 Å². The average Bonchev–Trinajstić information content (AvgIpc) is 3.07. The predicted octanol–water partition coefficient (Wildman–Crippen LogP) is 2.80. The lowest BCUT2D eigenvalue weighted by Gasteiger charge is -2.31. The molecule has 0 saturated carbocycles. The van der Waals surface area contributed by atoms with Crippen molar-refractivity contribution in [2.45, 2.75) is 25.1 Å². The summed E-state index contributed by atoms with van der Waals surface area (Å²) in [5, 5.41) is 9.54. The Morgan fingerprint density at radius 2 is 2.26 bits per heavy atom. The lowest BCUT2D eigenvalue weighted by molar-refractivity contribution is -0.141. The molecule has 2 atom stereocenters. The fourth-order valence-electron chi connectivity index (χ4n) is 2.66. The van der Waals surface area contributed by atoms with Crippen molar-refractivity contribution in [2.24, 2.45) is 5.92 Å². The van der Waals surface area contributed by atoms with E-state index in [0.29, 0.717) is 13.2 Å². The largest absolute Gasteiger partial charge is 0.433 e. The lowest BCUT2D eigenvalue weighted by atomic mass is 9.91. The Morgan fingerprint density at radius 1 is 1.39 bits per heavy atom. The van der Waals surface area contributed by atoms with E-state index in [2.05, 4.69) is 25.5 Å². The predicted molar refractivity (Wildman–Crippen MR) is 75.5 cm³/mol. The van der Waals surface area contributed by atoms with Crippen LogP contribution in [0.4, 0.5) is 19.1 Å². The maximum Gasteiger partial charge on any atom is 0.433 e. The van der Waals surface area contributed by atoms with Crippen molar-refractivity contribution in [3.63, 3.8) is 0 Å². The van der Waals surface area contributed by atoms with Crippen LogP contribution in [0.2, 0.25) is 0 Å². The van der Waals surface area contributed by atoms with Crippen LogP contribution in [0.5, 0.6) is 0 Å². The van der Waals surface area contributed by atoms with Gasteiger partial charge in [-0.1, -0.05) is 0 Å². The Morgan fingerprint density at radius 3 is 3.00 bits per heavy atom. The van der Waals surface area contributed by atoms with Crippen LogP contribution in [0.1, 0.15) is 30.2 Å². The summed E-state index contributed by atoms with van der Waals surface area (Å²) in [5.41, 5.74) is -0.0252. The van der Waals surface area contributed by atoms with E-state index in [1.54, 1.807) is 12.4 Å². The summed E-state index contributed by atoms with van der Waals surface area (Å²) in [6.45, 7) is 1.09. The van der Waals surface area contributed by atoms with E-state index in [9.17, 15) is 13.2 Å². The van der Waals surface area contributed by atoms with Crippen LogP contribution in [0.3, 0.4) is 0 Å². The normalized spacial score (nSPS) is 22.0. The van der Waals surface area contributed by atoms with E-state index >= 15 is 0 Å². The number of halogens is 3. The first-order valence-electron chi connectivity index (χ1n) is 7.28. The van der Waals surface area contributed by atoms with Crippen LogP contribution >= 0.6 is 0 Å². The Balaban J connectivity index is 1.67. The molecule has 0 aromatic carbocycles. The fourth-order valence-corrected chi connectivity index (χ4v) is 2.66. The Hall–Kier alpha value is -2.16. The SMILES string of the molecule is FC(F)(F)c1ccnc(NC[C@@H]2CCCO[C@H]2c2cn[nH]c2)n1. The number of anilines is 1. The smallest absolute Gasteiger partial charge is 0.373 e.